The minimum Gasteiger partial charge on any atom is -0.376 e. The maximum atomic E-state index is 5.92. The average molecular weight is 240 g/mol. The monoisotopic (exact) mass is 240 g/mol. The standard InChI is InChI=1S/C14H28N2O/c1-3-11-6-4-5-7-12(11)13(16-15)14-10(2)8-9-17-14/h10-14,16H,3-9,15H2,1-2H3. The molecule has 1 aliphatic heterocycles. The molecule has 1 saturated carbocycles. The Hall–Kier alpha value is -0.120. The van der Waals surface area contributed by atoms with E-state index in [9.17, 15) is 0 Å². The van der Waals surface area contributed by atoms with Crippen molar-refractivity contribution in [3.05, 3.63) is 0 Å². The summed E-state index contributed by atoms with van der Waals surface area (Å²) in [4.78, 5) is 0. The van der Waals surface area contributed by atoms with Gasteiger partial charge in [-0.3, -0.25) is 11.3 Å². The number of nitrogens with two attached hydrogens (primary N) is 1. The van der Waals surface area contributed by atoms with Crippen LogP contribution in [0.5, 0.6) is 0 Å². The minimum absolute atomic E-state index is 0.331. The third-order valence-corrected chi connectivity index (χ3v) is 4.94. The van der Waals surface area contributed by atoms with Crippen LogP contribution in [0.4, 0.5) is 0 Å². The zero-order valence-electron chi connectivity index (χ0n) is 11.3. The Labute approximate surface area is 105 Å². The smallest absolute Gasteiger partial charge is 0.0770 e. The van der Waals surface area contributed by atoms with Gasteiger partial charge in [-0.2, -0.15) is 0 Å². The molecule has 1 saturated heterocycles. The summed E-state index contributed by atoms with van der Waals surface area (Å²) in [6, 6.07) is 0.359. The molecule has 3 N–H and O–H groups in total. The van der Waals surface area contributed by atoms with E-state index in [2.05, 4.69) is 19.3 Å². The van der Waals surface area contributed by atoms with Gasteiger partial charge in [-0.1, -0.05) is 39.5 Å². The zero-order chi connectivity index (χ0) is 12.3. The molecule has 3 nitrogen and oxygen atoms in total. The van der Waals surface area contributed by atoms with Gasteiger partial charge in [0.15, 0.2) is 0 Å². The van der Waals surface area contributed by atoms with E-state index in [-0.39, 0.29) is 0 Å². The van der Waals surface area contributed by atoms with Crippen molar-refractivity contribution >= 4 is 0 Å². The molecule has 0 aromatic carbocycles. The van der Waals surface area contributed by atoms with E-state index in [1.165, 1.54) is 38.5 Å². The van der Waals surface area contributed by atoms with Crippen LogP contribution in [0.1, 0.15) is 52.4 Å². The highest BCUT2D eigenvalue weighted by atomic mass is 16.5. The molecule has 0 aromatic rings. The largest absolute Gasteiger partial charge is 0.376 e. The van der Waals surface area contributed by atoms with Crippen LogP contribution in [0.25, 0.3) is 0 Å². The van der Waals surface area contributed by atoms with Crippen molar-refractivity contribution in [1.82, 2.24) is 5.43 Å². The van der Waals surface area contributed by atoms with Gasteiger partial charge in [0, 0.05) is 6.61 Å². The zero-order valence-corrected chi connectivity index (χ0v) is 11.3. The molecule has 0 spiro atoms. The number of hydrogen-bond donors (Lipinski definition) is 2. The summed E-state index contributed by atoms with van der Waals surface area (Å²) < 4.78 is 5.92. The highest BCUT2D eigenvalue weighted by Gasteiger charge is 2.39. The first-order chi connectivity index (χ1) is 8.27. The summed E-state index contributed by atoms with van der Waals surface area (Å²) in [5.74, 6) is 8.03. The SMILES string of the molecule is CCC1CCCCC1C(NN)C1OCCC1C. The van der Waals surface area contributed by atoms with E-state index in [4.69, 9.17) is 10.6 Å². The number of hydrazine groups is 1. The summed E-state index contributed by atoms with van der Waals surface area (Å²) in [6.45, 7) is 5.52. The predicted octanol–water partition coefficient (Wildman–Crippen LogP) is 2.46. The second-order valence-electron chi connectivity index (χ2n) is 5.91. The van der Waals surface area contributed by atoms with Gasteiger partial charge >= 0.3 is 0 Å². The Bertz CT molecular complexity index is 234. The quantitative estimate of drug-likeness (QED) is 0.586. The Morgan fingerprint density at radius 2 is 2.06 bits per heavy atom. The molecule has 5 atom stereocenters. The number of hydrogen-bond acceptors (Lipinski definition) is 3. The fourth-order valence-electron chi connectivity index (χ4n) is 3.85. The molecular weight excluding hydrogens is 212 g/mol. The van der Waals surface area contributed by atoms with E-state index in [1.807, 2.05) is 0 Å². The molecule has 1 aliphatic carbocycles. The van der Waals surface area contributed by atoms with Crippen molar-refractivity contribution < 1.29 is 4.74 Å². The van der Waals surface area contributed by atoms with E-state index < -0.39 is 0 Å². The van der Waals surface area contributed by atoms with E-state index in [0.29, 0.717) is 24.0 Å². The van der Waals surface area contributed by atoms with Gasteiger partial charge in [-0.25, -0.2) is 0 Å². The molecule has 0 aromatic heterocycles. The van der Waals surface area contributed by atoms with Gasteiger partial charge in [0.1, 0.15) is 0 Å². The maximum Gasteiger partial charge on any atom is 0.0770 e. The summed E-state index contributed by atoms with van der Waals surface area (Å²) in [7, 11) is 0. The van der Waals surface area contributed by atoms with Crippen molar-refractivity contribution in [1.29, 1.82) is 0 Å². The molecule has 2 fully saturated rings. The second-order valence-corrected chi connectivity index (χ2v) is 5.91. The molecule has 2 rings (SSSR count). The first-order valence-electron chi connectivity index (χ1n) is 7.35. The van der Waals surface area contributed by atoms with Crippen LogP contribution in [0, 0.1) is 17.8 Å². The third kappa shape index (κ3) is 2.83. The van der Waals surface area contributed by atoms with E-state index in [0.717, 1.165) is 12.5 Å². The number of rotatable bonds is 4. The second kappa shape index (κ2) is 6.17. The first kappa shape index (κ1) is 13.3. The predicted molar refractivity (Wildman–Crippen MR) is 70.4 cm³/mol. The normalized spacial score (nSPS) is 40.4. The van der Waals surface area contributed by atoms with E-state index in [1.54, 1.807) is 0 Å². The molecule has 0 radical (unpaired) electrons. The Kier molecular flexibility index (Phi) is 4.83. The summed E-state index contributed by atoms with van der Waals surface area (Å²) in [5.41, 5.74) is 3.08. The van der Waals surface area contributed by atoms with Crippen LogP contribution in [0.3, 0.4) is 0 Å². The first-order valence-corrected chi connectivity index (χ1v) is 7.35. The average Bonchev–Trinajstić information content (AvgIpc) is 2.78. The molecule has 0 bridgehead atoms. The van der Waals surface area contributed by atoms with Gasteiger partial charge < -0.3 is 4.74 Å². The summed E-state index contributed by atoms with van der Waals surface area (Å²) in [6.07, 6.45) is 8.25. The van der Waals surface area contributed by atoms with Gasteiger partial charge in [-0.05, 0) is 30.6 Å². The molecule has 17 heavy (non-hydrogen) atoms. The van der Waals surface area contributed by atoms with Crippen molar-refractivity contribution in [3.8, 4) is 0 Å². The van der Waals surface area contributed by atoms with Crippen molar-refractivity contribution in [3.63, 3.8) is 0 Å². The Morgan fingerprint density at radius 3 is 2.65 bits per heavy atom. The van der Waals surface area contributed by atoms with Gasteiger partial charge in [0.05, 0.1) is 12.1 Å². The molecule has 5 unspecified atom stereocenters. The molecule has 100 valence electrons. The van der Waals surface area contributed by atoms with Crippen LogP contribution in [0.2, 0.25) is 0 Å². The van der Waals surface area contributed by atoms with Gasteiger partial charge in [0.2, 0.25) is 0 Å². The third-order valence-electron chi connectivity index (χ3n) is 4.94. The fourth-order valence-corrected chi connectivity index (χ4v) is 3.85. The van der Waals surface area contributed by atoms with Crippen molar-refractivity contribution in [2.24, 2.45) is 23.6 Å². The van der Waals surface area contributed by atoms with Crippen molar-refractivity contribution in [2.45, 2.75) is 64.5 Å². The maximum absolute atomic E-state index is 5.92. The topological polar surface area (TPSA) is 47.3 Å². The van der Waals surface area contributed by atoms with E-state index >= 15 is 0 Å². The molecular formula is C14H28N2O. The molecule has 0 amide bonds. The number of nitrogens with one attached hydrogen (secondary N) is 1. The lowest BCUT2D eigenvalue weighted by molar-refractivity contribution is 0.0177. The highest BCUT2D eigenvalue weighted by molar-refractivity contribution is 4.92. The highest BCUT2D eigenvalue weighted by Crippen LogP contribution is 2.38. The number of ether oxygens (including phenoxy) is 1. The fraction of sp³-hybridized carbons (Fsp3) is 1.00. The lowest BCUT2D eigenvalue weighted by atomic mass is 9.71. The Morgan fingerprint density at radius 1 is 1.29 bits per heavy atom. The molecule has 1 heterocycles. The van der Waals surface area contributed by atoms with Gasteiger partial charge in [0.25, 0.3) is 0 Å². The lowest BCUT2D eigenvalue weighted by Gasteiger charge is -2.40. The van der Waals surface area contributed by atoms with Gasteiger partial charge in [-0.15, -0.1) is 0 Å². The Balaban J connectivity index is 2.04. The summed E-state index contributed by atoms with van der Waals surface area (Å²) in [5, 5.41) is 0. The van der Waals surface area contributed by atoms with Crippen LogP contribution in [-0.4, -0.2) is 18.8 Å². The van der Waals surface area contributed by atoms with Crippen LogP contribution in [0.15, 0.2) is 0 Å². The van der Waals surface area contributed by atoms with Crippen LogP contribution >= 0.6 is 0 Å². The minimum atomic E-state index is 0.331. The van der Waals surface area contributed by atoms with Crippen LogP contribution < -0.4 is 11.3 Å². The summed E-state index contributed by atoms with van der Waals surface area (Å²) >= 11 is 0. The molecule has 3 heteroatoms. The van der Waals surface area contributed by atoms with Crippen LogP contribution in [-0.2, 0) is 4.74 Å². The lowest BCUT2D eigenvalue weighted by Crippen LogP contribution is -2.53. The van der Waals surface area contributed by atoms with Crippen molar-refractivity contribution in [2.75, 3.05) is 6.61 Å². The molecule has 2 aliphatic rings.